The minimum atomic E-state index is -0.205. The molecule has 2 aliphatic rings. The van der Waals surface area contributed by atoms with Crippen LogP contribution in [0.2, 0.25) is 0 Å². The fraction of sp³-hybridized carbons (Fsp3) is 0.423. The van der Waals surface area contributed by atoms with Crippen LogP contribution in [0.1, 0.15) is 42.9 Å². The van der Waals surface area contributed by atoms with Gasteiger partial charge in [-0.1, -0.05) is 11.9 Å². The Morgan fingerprint density at radius 2 is 2.00 bits per heavy atom. The van der Waals surface area contributed by atoms with Crippen molar-refractivity contribution in [3.63, 3.8) is 0 Å². The van der Waals surface area contributed by atoms with E-state index in [9.17, 15) is 4.39 Å². The number of nitrogens with one attached hydrogen (secondary N) is 1. The summed E-state index contributed by atoms with van der Waals surface area (Å²) in [5, 5.41) is 9.80. The van der Waals surface area contributed by atoms with Crippen LogP contribution in [0.5, 0.6) is 0 Å². The molecule has 2 aromatic heterocycles. The van der Waals surface area contributed by atoms with E-state index in [1.165, 1.54) is 40.9 Å². The summed E-state index contributed by atoms with van der Waals surface area (Å²) in [6.07, 6.45) is 7.38. The molecule has 0 radical (unpaired) electrons. The van der Waals surface area contributed by atoms with Gasteiger partial charge in [0.2, 0.25) is 0 Å². The normalized spacial score (nSPS) is 18.1. The zero-order chi connectivity index (χ0) is 22.2. The highest BCUT2D eigenvalue weighted by Crippen LogP contribution is 2.40. The second-order valence-electron chi connectivity index (χ2n) is 9.11. The van der Waals surface area contributed by atoms with Gasteiger partial charge in [-0.15, -0.1) is 0 Å². The third-order valence-corrected chi connectivity index (χ3v) is 8.23. The highest BCUT2D eigenvalue weighted by molar-refractivity contribution is 7.97. The van der Waals surface area contributed by atoms with Gasteiger partial charge in [0, 0.05) is 60.1 Å². The monoisotopic (exact) mass is 464 g/mol. The molecule has 5 nitrogen and oxygen atoms in total. The summed E-state index contributed by atoms with van der Waals surface area (Å²) in [5.41, 5.74) is 6.08. The maximum atomic E-state index is 13.8. The van der Waals surface area contributed by atoms with E-state index < -0.39 is 0 Å². The molecule has 4 aromatic rings. The second kappa shape index (κ2) is 9.12. The van der Waals surface area contributed by atoms with E-state index in [-0.39, 0.29) is 5.82 Å². The van der Waals surface area contributed by atoms with Crippen LogP contribution in [-0.2, 0) is 11.2 Å². The summed E-state index contributed by atoms with van der Waals surface area (Å²) >= 11 is 1.98. The first-order valence-corrected chi connectivity index (χ1v) is 12.9. The number of fused-ring (bicyclic) bond motifs is 2. The fourth-order valence-electron chi connectivity index (χ4n) is 5.45. The number of hydrogen-bond donors (Lipinski definition) is 1. The summed E-state index contributed by atoms with van der Waals surface area (Å²) in [7, 11) is 0. The van der Waals surface area contributed by atoms with E-state index in [4.69, 9.17) is 4.74 Å². The Kier molecular flexibility index (Phi) is 5.86. The Balaban J connectivity index is 1.52. The standard InChI is InChI=1S/C26H29FN4OS/c27-20-4-6-21(7-5-20)31-25-15-19-17-28-29-24(19)16-23(25)22(3-1-10-30-11-2-14-33-30)26(31)18-8-12-32-13-9-18/h4-7,15-18H,1-3,8-14H2,(H,28,29). The number of halogens is 1. The Morgan fingerprint density at radius 1 is 1.15 bits per heavy atom. The van der Waals surface area contributed by atoms with Crippen LogP contribution in [0.25, 0.3) is 27.5 Å². The summed E-state index contributed by atoms with van der Waals surface area (Å²) in [6.45, 7) is 3.91. The lowest BCUT2D eigenvalue weighted by molar-refractivity contribution is 0.0841. The predicted molar refractivity (Wildman–Crippen MR) is 133 cm³/mol. The highest BCUT2D eigenvalue weighted by atomic mass is 32.2. The molecule has 0 saturated carbocycles. The summed E-state index contributed by atoms with van der Waals surface area (Å²) in [4.78, 5) is 0. The molecule has 2 aliphatic heterocycles. The van der Waals surface area contributed by atoms with Gasteiger partial charge in [-0.25, -0.2) is 4.39 Å². The van der Waals surface area contributed by atoms with Crippen molar-refractivity contribution < 1.29 is 9.13 Å². The fourth-order valence-corrected chi connectivity index (χ4v) is 6.48. The molecule has 2 aromatic carbocycles. The average Bonchev–Trinajstić information content (AvgIpc) is 3.58. The summed E-state index contributed by atoms with van der Waals surface area (Å²) < 4.78 is 24.4. The molecule has 1 N–H and O–H groups in total. The van der Waals surface area contributed by atoms with E-state index in [2.05, 4.69) is 31.2 Å². The van der Waals surface area contributed by atoms with Gasteiger partial charge in [0.25, 0.3) is 0 Å². The number of hydrogen-bond acceptors (Lipinski definition) is 4. The molecule has 4 heterocycles. The third kappa shape index (κ3) is 4.07. The van der Waals surface area contributed by atoms with Crippen molar-refractivity contribution in [3.05, 3.63) is 59.7 Å². The SMILES string of the molecule is Fc1ccc(-n2c(C3CCOCC3)c(CCCN3CCCS3)c3cc4[nH]ncc4cc32)cc1. The molecule has 0 amide bonds. The number of ether oxygens (including phenoxy) is 1. The van der Waals surface area contributed by atoms with Crippen molar-refractivity contribution in [2.24, 2.45) is 0 Å². The highest BCUT2D eigenvalue weighted by Gasteiger charge is 2.27. The topological polar surface area (TPSA) is 46.1 Å². The number of aromatic amines is 1. The van der Waals surface area contributed by atoms with Gasteiger partial charge in [-0.05, 0) is 74.1 Å². The minimum Gasteiger partial charge on any atom is -0.381 e. The first-order chi connectivity index (χ1) is 16.3. The van der Waals surface area contributed by atoms with Gasteiger partial charge < -0.3 is 9.30 Å². The van der Waals surface area contributed by atoms with E-state index in [1.54, 1.807) is 12.1 Å². The molecule has 0 unspecified atom stereocenters. The predicted octanol–water partition coefficient (Wildman–Crippen LogP) is 5.83. The zero-order valence-corrected chi connectivity index (χ0v) is 19.5. The Bertz CT molecular complexity index is 1250. The van der Waals surface area contributed by atoms with Crippen molar-refractivity contribution in [2.45, 2.75) is 38.0 Å². The van der Waals surface area contributed by atoms with E-state index >= 15 is 0 Å². The minimum absolute atomic E-state index is 0.205. The summed E-state index contributed by atoms with van der Waals surface area (Å²) in [6, 6.07) is 11.4. The number of rotatable bonds is 6. The molecule has 0 aliphatic carbocycles. The van der Waals surface area contributed by atoms with Gasteiger partial charge in [0.1, 0.15) is 5.82 Å². The molecular weight excluding hydrogens is 435 g/mol. The van der Waals surface area contributed by atoms with E-state index in [1.807, 2.05) is 30.3 Å². The first-order valence-electron chi connectivity index (χ1n) is 12.0. The maximum Gasteiger partial charge on any atom is 0.123 e. The zero-order valence-electron chi connectivity index (χ0n) is 18.7. The molecule has 2 saturated heterocycles. The lowest BCUT2D eigenvalue weighted by Crippen LogP contribution is -2.19. The van der Waals surface area contributed by atoms with Gasteiger partial charge in [-0.2, -0.15) is 5.10 Å². The lowest BCUT2D eigenvalue weighted by Gasteiger charge is -2.26. The van der Waals surface area contributed by atoms with Crippen molar-refractivity contribution in [1.82, 2.24) is 19.1 Å². The molecule has 0 bridgehead atoms. The molecule has 2 fully saturated rings. The Hall–Kier alpha value is -2.35. The molecule has 7 heteroatoms. The smallest absolute Gasteiger partial charge is 0.123 e. The average molecular weight is 465 g/mol. The van der Waals surface area contributed by atoms with Crippen LogP contribution in [0.15, 0.2) is 42.6 Å². The lowest BCUT2D eigenvalue weighted by atomic mass is 9.91. The number of benzene rings is 2. The molecule has 6 rings (SSSR count). The summed E-state index contributed by atoms with van der Waals surface area (Å²) in [5.74, 6) is 1.47. The van der Waals surface area contributed by atoms with Gasteiger partial charge in [0.15, 0.2) is 0 Å². The first kappa shape index (κ1) is 21.2. The molecular formula is C26H29FN4OS. The molecule has 33 heavy (non-hydrogen) atoms. The number of aromatic nitrogens is 3. The number of aryl methyl sites for hydroxylation is 1. The Morgan fingerprint density at radius 3 is 2.79 bits per heavy atom. The van der Waals surface area contributed by atoms with Crippen LogP contribution in [0.4, 0.5) is 4.39 Å². The van der Waals surface area contributed by atoms with Gasteiger partial charge >= 0.3 is 0 Å². The third-order valence-electron chi connectivity index (χ3n) is 7.03. The quantitative estimate of drug-likeness (QED) is 0.365. The largest absolute Gasteiger partial charge is 0.381 e. The van der Waals surface area contributed by atoms with Crippen LogP contribution < -0.4 is 0 Å². The number of H-pyrrole nitrogens is 1. The van der Waals surface area contributed by atoms with Crippen molar-refractivity contribution in [3.8, 4) is 5.69 Å². The maximum absolute atomic E-state index is 13.8. The van der Waals surface area contributed by atoms with Gasteiger partial charge in [-0.3, -0.25) is 9.40 Å². The number of nitrogens with zero attached hydrogens (tertiary/aromatic N) is 3. The molecule has 172 valence electrons. The van der Waals surface area contributed by atoms with Crippen LogP contribution in [-0.4, -0.2) is 51.1 Å². The molecule has 0 spiro atoms. The second-order valence-corrected chi connectivity index (χ2v) is 10.3. The van der Waals surface area contributed by atoms with Crippen molar-refractivity contribution in [1.29, 1.82) is 0 Å². The van der Waals surface area contributed by atoms with E-state index in [0.717, 1.165) is 62.0 Å². The van der Waals surface area contributed by atoms with Crippen LogP contribution >= 0.6 is 11.9 Å². The van der Waals surface area contributed by atoms with E-state index in [0.29, 0.717) is 5.92 Å². The Labute approximate surface area is 197 Å². The van der Waals surface area contributed by atoms with Crippen molar-refractivity contribution >= 4 is 33.8 Å². The van der Waals surface area contributed by atoms with Crippen molar-refractivity contribution in [2.75, 3.05) is 32.1 Å². The van der Waals surface area contributed by atoms with Crippen LogP contribution in [0.3, 0.4) is 0 Å². The van der Waals surface area contributed by atoms with Gasteiger partial charge in [0.05, 0.1) is 17.2 Å². The van der Waals surface area contributed by atoms with Crippen LogP contribution in [0, 0.1) is 5.82 Å². The molecule has 0 atom stereocenters.